The van der Waals surface area contributed by atoms with E-state index in [0.29, 0.717) is 64.7 Å². The van der Waals surface area contributed by atoms with E-state index in [-0.39, 0.29) is 23.6 Å². The number of carbonyl (C=O) groups is 4. The maximum absolute atomic E-state index is 12.2. The summed E-state index contributed by atoms with van der Waals surface area (Å²) < 4.78 is 0. The van der Waals surface area contributed by atoms with E-state index in [9.17, 15) is 19.2 Å². The first-order valence-corrected chi connectivity index (χ1v) is 16.1. The van der Waals surface area contributed by atoms with E-state index >= 15 is 0 Å². The SMILES string of the molecule is CC(=NNC(=O)CCCCCC(=O)NN=C(C)c1ccc(NC(=O)c2cccs2)cc1)c1ccc(NC(=O)c2cccs2)cc1. The highest BCUT2D eigenvalue weighted by atomic mass is 32.1. The number of hydrogen-bond acceptors (Lipinski definition) is 8. The maximum Gasteiger partial charge on any atom is 0.265 e. The largest absolute Gasteiger partial charge is 0.321 e. The third-order valence-electron chi connectivity index (χ3n) is 6.62. The summed E-state index contributed by atoms with van der Waals surface area (Å²) in [6.07, 6.45) is 2.57. The molecule has 232 valence electrons. The molecule has 0 bridgehead atoms. The fraction of sp³-hybridized carbons (Fsp3) is 0.212. The first-order chi connectivity index (χ1) is 21.8. The Morgan fingerprint density at radius 3 is 1.33 bits per heavy atom. The third-order valence-corrected chi connectivity index (χ3v) is 8.35. The van der Waals surface area contributed by atoms with Gasteiger partial charge in [-0.2, -0.15) is 10.2 Å². The van der Waals surface area contributed by atoms with Crippen molar-refractivity contribution in [1.82, 2.24) is 10.9 Å². The van der Waals surface area contributed by atoms with E-state index in [4.69, 9.17) is 0 Å². The van der Waals surface area contributed by atoms with Crippen molar-refractivity contribution in [1.29, 1.82) is 0 Å². The highest BCUT2D eigenvalue weighted by molar-refractivity contribution is 7.12. The molecule has 0 fully saturated rings. The van der Waals surface area contributed by atoms with Gasteiger partial charge < -0.3 is 10.6 Å². The van der Waals surface area contributed by atoms with Crippen LogP contribution in [0.3, 0.4) is 0 Å². The molecule has 4 aromatic rings. The van der Waals surface area contributed by atoms with Crippen LogP contribution in [0.5, 0.6) is 0 Å². The Bertz CT molecular complexity index is 1520. The molecule has 10 nitrogen and oxygen atoms in total. The minimum Gasteiger partial charge on any atom is -0.321 e. The van der Waals surface area contributed by atoms with Gasteiger partial charge in [-0.15, -0.1) is 22.7 Å². The number of benzene rings is 2. The average molecular weight is 643 g/mol. The van der Waals surface area contributed by atoms with Gasteiger partial charge in [-0.1, -0.05) is 42.8 Å². The fourth-order valence-corrected chi connectivity index (χ4v) is 5.31. The number of rotatable bonds is 14. The van der Waals surface area contributed by atoms with Gasteiger partial charge in [0.25, 0.3) is 11.8 Å². The highest BCUT2D eigenvalue weighted by Crippen LogP contribution is 2.16. The highest BCUT2D eigenvalue weighted by Gasteiger charge is 2.09. The van der Waals surface area contributed by atoms with Crippen molar-refractivity contribution in [2.24, 2.45) is 10.2 Å². The quantitative estimate of drug-likeness (QED) is 0.0695. The molecule has 2 aromatic carbocycles. The smallest absolute Gasteiger partial charge is 0.265 e. The lowest BCUT2D eigenvalue weighted by atomic mass is 10.1. The Kier molecular flexibility index (Phi) is 12.3. The van der Waals surface area contributed by atoms with Gasteiger partial charge in [0.2, 0.25) is 11.8 Å². The molecular formula is C33H34N6O4S2. The number of carbonyl (C=O) groups excluding carboxylic acids is 4. The van der Waals surface area contributed by atoms with Crippen LogP contribution in [0.25, 0.3) is 0 Å². The second kappa shape index (κ2) is 16.8. The molecule has 0 spiro atoms. The van der Waals surface area contributed by atoms with Crippen molar-refractivity contribution in [3.8, 4) is 0 Å². The molecule has 0 radical (unpaired) electrons. The molecule has 0 atom stereocenters. The summed E-state index contributed by atoms with van der Waals surface area (Å²) in [6.45, 7) is 3.59. The fourth-order valence-electron chi connectivity index (χ4n) is 4.07. The Morgan fingerprint density at radius 2 is 0.978 bits per heavy atom. The first-order valence-electron chi connectivity index (χ1n) is 14.4. The zero-order valence-electron chi connectivity index (χ0n) is 25.0. The zero-order valence-corrected chi connectivity index (χ0v) is 26.6. The molecule has 0 aliphatic carbocycles. The summed E-state index contributed by atoms with van der Waals surface area (Å²) in [7, 11) is 0. The van der Waals surface area contributed by atoms with Crippen LogP contribution in [0.4, 0.5) is 11.4 Å². The van der Waals surface area contributed by atoms with Crippen molar-refractivity contribution in [3.63, 3.8) is 0 Å². The lowest BCUT2D eigenvalue weighted by Crippen LogP contribution is -2.19. The summed E-state index contributed by atoms with van der Waals surface area (Å²) in [4.78, 5) is 50.1. The van der Waals surface area contributed by atoms with Crippen molar-refractivity contribution in [2.75, 3.05) is 10.6 Å². The molecular weight excluding hydrogens is 609 g/mol. The van der Waals surface area contributed by atoms with Crippen LogP contribution >= 0.6 is 22.7 Å². The van der Waals surface area contributed by atoms with E-state index in [2.05, 4.69) is 31.7 Å². The lowest BCUT2D eigenvalue weighted by Gasteiger charge is -2.07. The Hall–Kier alpha value is -4.94. The van der Waals surface area contributed by atoms with E-state index < -0.39 is 0 Å². The van der Waals surface area contributed by atoms with Crippen LogP contribution in [0, 0.1) is 0 Å². The van der Waals surface area contributed by atoms with Gasteiger partial charge in [-0.25, -0.2) is 10.9 Å². The lowest BCUT2D eigenvalue weighted by molar-refractivity contribution is -0.121. The van der Waals surface area contributed by atoms with Gasteiger partial charge in [0, 0.05) is 24.2 Å². The molecule has 4 rings (SSSR count). The van der Waals surface area contributed by atoms with Gasteiger partial charge >= 0.3 is 0 Å². The third kappa shape index (κ3) is 10.6. The van der Waals surface area contributed by atoms with Crippen molar-refractivity contribution in [3.05, 3.63) is 104 Å². The summed E-state index contributed by atoms with van der Waals surface area (Å²) in [5.41, 5.74) is 9.43. The van der Waals surface area contributed by atoms with Crippen molar-refractivity contribution < 1.29 is 19.2 Å². The minimum absolute atomic E-state index is 0.156. The molecule has 0 aliphatic heterocycles. The normalized spacial score (nSPS) is 11.5. The predicted octanol–water partition coefficient (Wildman–Crippen LogP) is 6.65. The first kappa shape index (κ1) is 33.0. The number of hydrogen-bond donors (Lipinski definition) is 4. The predicted molar refractivity (Wildman–Crippen MR) is 181 cm³/mol. The number of thiophene rings is 2. The molecule has 0 saturated carbocycles. The molecule has 4 N–H and O–H groups in total. The maximum atomic E-state index is 12.2. The minimum atomic E-state index is -0.198. The number of anilines is 2. The molecule has 4 amide bonds. The molecule has 45 heavy (non-hydrogen) atoms. The summed E-state index contributed by atoms with van der Waals surface area (Å²) >= 11 is 2.76. The van der Waals surface area contributed by atoms with Gasteiger partial charge in [0.05, 0.1) is 21.2 Å². The van der Waals surface area contributed by atoms with Gasteiger partial charge in [0.15, 0.2) is 0 Å². The Balaban J connectivity index is 1.09. The van der Waals surface area contributed by atoms with Crippen LogP contribution in [0.15, 0.2) is 93.8 Å². The van der Waals surface area contributed by atoms with Crippen LogP contribution < -0.4 is 21.5 Å². The Labute approximate surface area is 269 Å². The van der Waals surface area contributed by atoms with E-state index in [0.717, 1.165) is 11.1 Å². The summed E-state index contributed by atoms with van der Waals surface area (Å²) in [5.74, 6) is -0.708. The summed E-state index contributed by atoms with van der Waals surface area (Å²) in [6, 6.07) is 21.7. The van der Waals surface area contributed by atoms with Gasteiger partial charge in [-0.05, 0) is 85.0 Å². The van der Waals surface area contributed by atoms with E-state index in [1.54, 1.807) is 50.2 Å². The molecule has 2 aromatic heterocycles. The average Bonchev–Trinajstić information content (AvgIpc) is 3.79. The molecule has 0 aliphatic rings. The van der Waals surface area contributed by atoms with Crippen LogP contribution in [-0.2, 0) is 9.59 Å². The number of amides is 4. The van der Waals surface area contributed by atoms with Gasteiger partial charge in [0.1, 0.15) is 0 Å². The van der Waals surface area contributed by atoms with Crippen molar-refractivity contribution >= 4 is 69.1 Å². The van der Waals surface area contributed by atoms with Gasteiger partial charge in [-0.3, -0.25) is 19.2 Å². The number of nitrogens with zero attached hydrogens (tertiary/aromatic N) is 2. The van der Waals surface area contributed by atoms with Crippen molar-refractivity contribution in [2.45, 2.75) is 46.0 Å². The second-order valence-corrected chi connectivity index (χ2v) is 11.9. The topological polar surface area (TPSA) is 141 Å². The number of unbranched alkanes of at least 4 members (excludes halogenated alkanes) is 2. The monoisotopic (exact) mass is 642 g/mol. The Morgan fingerprint density at radius 1 is 0.578 bits per heavy atom. The second-order valence-electron chi connectivity index (χ2n) is 10.0. The summed E-state index contributed by atoms with van der Waals surface area (Å²) in [5, 5.41) is 17.8. The van der Waals surface area contributed by atoms with E-state index in [1.807, 2.05) is 47.2 Å². The molecule has 12 heteroatoms. The zero-order chi connectivity index (χ0) is 32.0. The molecule has 0 saturated heterocycles. The van der Waals surface area contributed by atoms with Crippen LogP contribution in [0.2, 0.25) is 0 Å². The standard InChI is InChI=1S/C33H34N6O4S2/c1-22(24-12-16-26(17-13-24)34-32(42)28-8-6-20-44-28)36-38-30(40)10-4-3-5-11-31(41)39-37-23(2)25-14-18-27(19-15-25)35-33(43)29-9-7-21-45-29/h6-9,12-21H,3-5,10-11H2,1-2H3,(H,34,42)(H,35,43)(H,38,40)(H,39,41). The van der Waals surface area contributed by atoms with Crippen LogP contribution in [-0.4, -0.2) is 35.1 Å². The van der Waals surface area contributed by atoms with E-state index in [1.165, 1.54) is 22.7 Å². The number of nitrogens with one attached hydrogen (secondary N) is 4. The van der Waals surface area contributed by atoms with Crippen LogP contribution in [0.1, 0.15) is 76.4 Å². The molecule has 2 heterocycles. The molecule has 0 unspecified atom stereocenters. The number of hydrazone groups is 2.